The summed E-state index contributed by atoms with van der Waals surface area (Å²) in [4.78, 5) is 28.6. The smallest absolute Gasteiger partial charge is 0.265 e. The van der Waals surface area contributed by atoms with Crippen molar-refractivity contribution >= 4 is 29.3 Å². The zero-order valence-electron chi connectivity index (χ0n) is 16.6. The lowest BCUT2D eigenvalue weighted by molar-refractivity contribution is -0.118. The van der Waals surface area contributed by atoms with E-state index in [0.717, 1.165) is 21.7 Å². The molecule has 1 aliphatic heterocycles. The van der Waals surface area contributed by atoms with Crippen LogP contribution in [0.15, 0.2) is 101 Å². The first-order chi connectivity index (χ1) is 14.6. The van der Waals surface area contributed by atoms with Crippen molar-refractivity contribution in [2.75, 3.05) is 11.9 Å². The van der Waals surface area contributed by atoms with Crippen molar-refractivity contribution < 1.29 is 9.59 Å². The maximum atomic E-state index is 12.9. The van der Waals surface area contributed by atoms with Crippen LogP contribution in [0.3, 0.4) is 0 Å². The number of hydrogen-bond donors (Lipinski definition) is 1. The molecule has 0 saturated carbocycles. The fraction of sp³-hybridized carbons (Fsp3) is 0.120. The molecule has 0 radical (unpaired) electrons. The van der Waals surface area contributed by atoms with E-state index in [-0.39, 0.29) is 17.9 Å². The summed E-state index contributed by atoms with van der Waals surface area (Å²) >= 11 is 1.33. The maximum absolute atomic E-state index is 12.9. The quantitative estimate of drug-likeness (QED) is 0.614. The summed E-state index contributed by atoms with van der Waals surface area (Å²) < 4.78 is 0. The summed E-state index contributed by atoms with van der Waals surface area (Å²) in [6.07, 6.45) is 2.09. The lowest BCUT2D eigenvalue weighted by Gasteiger charge is -2.26. The van der Waals surface area contributed by atoms with Crippen LogP contribution in [-0.2, 0) is 16.0 Å². The van der Waals surface area contributed by atoms with Gasteiger partial charge in [-0.25, -0.2) is 0 Å². The molecule has 30 heavy (non-hydrogen) atoms. The van der Waals surface area contributed by atoms with Crippen molar-refractivity contribution in [3.8, 4) is 0 Å². The number of hydrogen-bond acceptors (Lipinski definition) is 3. The van der Waals surface area contributed by atoms with Gasteiger partial charge in [-0.3, -0.25) is 9.59 Å². The van der Waals surface area contributed by atoms with E-state index >= 15 is 0 Å². The van der Waals surface area contributed by atoms with Crippen LogP contribution in [0.25, 0.3) is 0 Å². The number of carbonyl (C=O) groups is 2. The van der Waals surface area contributed by atoms with E-state index in [9.17, 15) is 9.59 Å². The van der Waals surface area contributed by atoms with Crippen molar-refractivity contribution in [3.63, 3.8) is 0 Å². The van der Waals surface area contributed by atoms with Crippen LogP contribution in [0.1, 0.15) is 17.2 Å². The van der Waals surface area contributed by atoms with Crippen molar-refractivity contribution in [2.45, 2.75) is 17.4 Å². The van der Waals surface area contributed by atoms with Gasteiger partial charge in [0.05, 0.1) is 16.6 Å². The van der Waals surface area contributed by atoms with E-state index in [0.29, 0.717) is 11.3 Å². The van der Waals surface area contributed by atoms with E-state index in [1.165, 1.54) is 17.8 Å². The van der Waals surface area contributed by atoms with Gasteiger partial charge >= 0.3 is 0 Å². The Morgan fingerprint density at radius 2 is 1.60 bits per heavy atom. The minimum absolute atomic E-state index is 0.173. The second kappa shape index (κ2) is 9.01. The number of rotatable bonds is 5. The number of nitrogens with one attached hydrogen (secondary N) is 1. The average molecular weight is 415 g/mol. The van der Waals surface area contributed by atoms with Gasteiger partial charge in [0.1, 0.15) is 0 Å². The minimum atomic E-state index is -0.275. The highest BCUT2D eigenvalue weighted by atomic mass is 32.2. The Kier molecular flexibility index (Phi) is 6.00. The number of fused-ring (bicyclic) bond motifs is 1. The number of amides is 2. The Morgan fingerprint density at radius 1 is 0.967 bits per heavy atom. The first-order valence-corrected chi connectivity index (χ1v) is 10.6. The molecule has 3 aromatic rings. The molecule has 0 aliphatic carbocycles. The molecule has 4 nitrogen and oxygen atoms in total. The number of para-hydroxylation sites is 1. The molecule has 5 heteroatoms. The van der Waals surface area contributed by atoms with Gasteiger partial charge in [-0.2, -0.15) is 0 Å². The summed E-state index contributed by atoms with van der Waals surface area (Å²) in [5.41, 5.74) is 3.02. The van der Waals surface area contributed by atoms with E-state index in [4.69, 9.17) is 0 Å². The fourth-order valence-corrected chi connectivity index (χ4v) is 4.55. The van der Waals surface area contributed by atoms with Crippen LogP contribution < -0.4 is 10.2 Å². The van der Waals surface area contributed by atoms with Crippen molar-refractivity contribution in [2.24, 2.45) is 0 Å². The van der Waals surface area contributed by atoms with Gasteiger partial charge in [0, 0.05) is 18.0 Å². The second-order valence-corrected chi connectivity index (χ2v) is 8.19. The van der Waals surface area contributed by atoms with Gasteiger partial charge in [-0.1, -0.05) is 84.6 Å². The number of benzene rings is 3. The number of anilines is 1. The molecule has 1 N–H and O–H groups in total. The normalized spacial score (nSPS) is 15.6. The van der Waals surface area contributed by atoms with Gasteiger partial charge in [0.2, 0.25) is 5.91 Å². The zero-order chi connectivity index (χ0) is 20.9. The number of nitrogens with zero attached hydrogens (tertiary/aromatic N) is 1. The molecule has 1 aliphatic rings. The molecule has 1 atom stereocenters. The Balaban J connectivity index is 1.56. The van der Waals surface area contributed by atoms with Gasteiger partial charge in [-0.15, -0.1) is 0 Å². The van der Waals surface area contributed by atoms with Gasteiger partial charge in [0.15, 0.2) is 0 Å². The Bertz CT molecular complexity index is 1080. The monoisotopic (exact) mass is 414 g/mol. The molecule has 0 aromatic heterocycles. The minimum Gasteiger partial charge on any atom is -0.345 e. The predicted octanol–water partition coefficient (Wildman–Crippen LogP) is 4.74. The molecule has 4 rings (SSSR count). The van der Waals surface area contributed by atoms with Gasteiger partial charge < -0.3 is 10.2 Å². The molecule has 0 fully saturated rings. The number of thioether (sulfide) groups is 1. The predicted molar refractivity (Wildman–Crippen MR) is 121 cm³/mol. The third-order valence-electron chi connectivity index (χ3n) is 5.03. The molecule has 1 heterocycles. The fourth-order valence-electron chi connectivity index (χ4n) is 3.47. The molecule has 0 saturated heterocycles. The van der Waals surface area contributed by atoms with Crippen LogP contribution in [0.5, 0.6) is 0 Å². The lowest BCUT2D eigenvalue weighted by atomic mass is 9.99. The Hall–Kier alpha value is -3.31. The molecular weight excluding hydrogens is 392 g/mol. The van der Waals surface area contributed by atoms with Crippen molar-refractivity contribution in [3.05, 3.63) is 107 Å². The molecule has 2 amide bonds. The number of carbonyl (C=O) groups excluding carboxylic acids is 2. The van der Waals surface area contributed by atoms with E-state index < -0.39 is 0 Å². The average Bonchev–Trinajstić information content (AvgIpc) is 2.78. The largest absolute Gasteiger partial charge is 0.345 e. The van der Waals surface area contributed by atoms with E-state index in [1.54, 1.807) is 11.9 Å². The van der Waals surface area contributed by atoms with E-state index in [1.807, 2.05) is 84.9 Å². The Morgan fingerprint density at radius 3 is 2.33 bits per heavy atom. The number of likely N-dealkylation sites (N-methyl/N-ethyl adjacent to an activating group) is 1. The standard InChI is InChI=1S/C25H22N2O2S/c1-27-21-14-8-9-15-22(21)30-23(25(27)29)17-24(28)26-20(19-12-6-3-7-13-19)16-18-10-4-2-5-11-18/h2-15,17,20H,16H2,1H3,(H,26,28)/b23-17+/t20-/m1/s1. The summed E-state index contributed by atoms with van der Waals surface area (Å²) in [6, 6.07) is 27.5. The third-order valence-corrected chi connectivity index (χ3v) is 6.10. The maximum Gasteiger partial charge on any atom is 0.265 e. The summed E-state index contributed by atoms with van der Waals surface area (Å²) in [6.45, 7) is 0. The Labute approximate surface area is 180 Å². The molecule has 0 bridgehead atoms. The second-order valence-electron chi connectivity index (χ2n) is 7.10. The molecular formula is C25H22N2O2S. The third kappa shape index (κ3) is 4.47. The molecule has 0 unspecified atom stereocenters. The first kappa shape index (κ1) is 20.0. The zero-order valence-corrected chi connectivity index (χ0v) is 17.4. The molecule has 3 aromatic carbocycles. The highest BCUT2D eigenvalue weighted by Crippen LogP contribution is 2.40. The highest BCUT2D eigenvalue weighted by Gasteiger charge is 2.27. The van der Waals surface area contributed by atoms with Crippen LogP contribution in [0.2, 0.25) is 0 Å². The highest BCUT2D eigenvalue weighted by molar-refractivity contribution is 8.04. The molecule has 0 spiro atoms. The first-order valence-electron chi connectivity index (χ1n) is 9.78. The van der Waals surface area contributed by atoms with Crippen molar-refractivity contribution in [1.82, 2.24) is 5.32 Å². The van der Waals surface area contributed by atoms with Crippen LogP contribution in [-0.4, -0.2) is 18.9 Å². The summed E-state index contributed by atoms with van der Waals surface area (Å²) in [5, 5.41) is 3.09. The van der Waals surface area contributed by atoms with E-state index in [2.05, 4.69) is 5.32 Å². The van der Waals surface area contributed by atoms with Crippen molar-refractivity contribution in [1.29, 1.82) is 0 Å². The molecule has 150 valence electrons. The van der Waals surface area contributed by atoms with Crippen LogP contribution in [0, 0.1) is 0 Å². The van der Waals surface area contributed by atoms with Gasteiger partial charge in [-0.05, 0) is 29.7 Å². The SMILES string of the molecule is CN1C(=O)/C(=C\C(=O)N[C@H](Cc2ccccc2)c2ccccc2)Sc2ccccc21. The topological polar surface area (TPSA) is 49.4 Å². The van der Waals surface area contributed by atoms with Crippen LogP contribution >= 0.6 is 11.8 Å². The van der Waals surface area contributed by atoms with Crippen LogP contribution in [0.4, 0.5) is 5.69 Å². The van der Waals surface area contributed by atoms with Gasteiger partial charge in [0.25, 0.3) is 5.91 Å². The summed E-state index contributed by atoms with van der Waals surface area (Å²) in [7, 11) is 1.73. The lowest BCUT2D eigenvalue weighted by Crippen LogP contribution is -2.32. The summed E-state index contributed by atoms with van der Waals surface area (Å²) in [5.74, 6) is -0.448.